The number of carbonyl (C=O) groups is 4. The second-order valence-corrected chi connectivity index (χ2v) is 6.90. The van der Waals surface area contributed by atoms with E-state index in [1.54, 1.807) is 57.2 Å². The maximum absolute atomic E-state index is 11.8. The van der Waals surface area contributed by atoms with Gasteiger partial charge in [0.25, 0.3) is 0 Å². The zero-order valence-corrected chi connectivity index (χ0v) is 18.5. The van der Waals surface area contributed by atoms with Crippen molar-refractivity contribution in [2.75, 3.05) is 13.2 Å². The SMILES string of the molecule is Cc1ccccc1C(=O)OOOC(=O)OCC(C)COC(=O)OOOC(=O)c1ccccc1C. The molecule has 0 spiro atoms. The quantitative estimate of drug-likeness (QED) is 0.277. The van der Waals surface area contributed by atoms with Gasteiger partial charge in [-0.15, -0.1) is 0 Å². The molecule has 0 saturated heterocycles. The monoisotopic (exact) mass is 478 g/mol. The van der Waals surface area contributed by atoms with Gasteiger partial charge in [0.1, 0.15) is 13.2 Å². The minimum absolute atomic E-state index is 0.228. The lowest BCUT2D eigenvalue weighted by atomic mass is 10.1. The molecule has 2 rings (SSSR count). The van der Waals surface area contributed by atoms with Crippen LogP contribution < -0.4 is 0 Å². The van der Waals surface area contributed by atoms with Crippen molar-refractivity contribution in [3.05, 3.63) is 70.8 Å². The molecule has 2 aromatic carbocycles. The van der Waals surface area contributed by atoms with Crippen LogP contribution in [-0.2, 0) is 39.1 Å². The van der Waals surface area contributed by atoms with E-state index in [2.05, 4.69) is 29.6 Å². The fourth-order valence-corrected chi connectivity index (χ4v) is 2.36. The highest BCUT2D eigenvalue weighted by Crippen LogP contribution is 2.10. The Morgan fingerprint density at radius 3 is 1.41 bits per heavy atom. The van der Waals surface area contributed by atoms with Gasteiger partial charge >= 0.3 is 24.2 Å². The van der Waals surface area contributed by atoms with Crippen LogP contribution in [0.2, 0.25) is 0 Å². The van der Waals surface area contributed by atoms with Crippen molar-refractivity contribution in [1.29, 1.82) is 0 Å². The van der Waals surface area contributed by atoms with E-state index < -0.39 is 30.2 Å². The van der Waals surface area contributed by atoms with E-state index in [0.717, 1.165) is 0 Å². The summed E-state index contributed by atoms with van der Waals surface area (Å²) in [6, 6.07) is 13.1. The van der Waals surface area contributed by atoms with E-state index in [-0.39, 0.29) is 24.3 Å². The van der Waals surface area contributed by atoms with Gasteiger partial charge in [-0.2, -0.15) is 0 Å². The molecule has 34 heavy (non-hydrogen) atoms. The van der Waals surface area contributed by atoms with Gasteiger partial charge in [0.15, 0.2) is 0 Å². The fourth-order valence-electron chi connectivity index (χ4n) is 2.36. The molecule has 0 bridgehead atoms. The third-order valence-corrected chi connectivity index (χ3v) is 4.12. The molecular formula is C22H22O12. The summed E-state index contributed by atoms with van der Waals surface area (Å²) >= 11 is 0. The molecule has 0 atom stereocenters. The van der Waals surface area contributed by atoms with E-state index in [4.69, 9.17) is 9.47 Å². The first kappa shape index (κ1) is 26.1. The molecule has 12 heteroatoms. The van der Waals surface area contributed by atoms with Crippen molar-refractivity contribution in [1.82, 2.24) is 0 Å². The Kier molecular flexibility index (Phi) is 10.3. The summed E-state index contributed by atoms with van der Waals surface area (Å²) in [7, 11) is 0. The van der Waals surface area contributed by atoms with E-state index in [9.17, 15) is 19.2 Å². The topological polar surface area (TPSA) is 142 Å². The summed E-state index contributed by atoms with van der Waals surface area (Å²) in [5.41, 5.74) is 1.74. The van der Waals surface area contributed by atoms with Crippen LogP contribution in [0.1, 0.15) is 38.8 Å². The Labute approximate surface area is 193 Å². The lowest BCUT2D eigenvalue weighted by Crippen LogP contribution is -2.20. The zero-order chi connectivity index (χ0) is 24.9. The van der Waals surface area contributed by atoms with Crippen molar-refractivity contribution in [2.45, 2.75) is 20.8 Å². The van der Waals surface area contributed by atoms with Gasteiger partial charge in [0.2, 0.25) is 0 Å². The van der Waals surface area contributed by atoms with Crippen molar-refractivity contribution in [3.63, 3.8) is 0 Å². The van der Waals surface area contributed by atoms with Gasteiger partial charge in [-0.25, -0.2) is 29.0 Å². The average molecular weight is 478 g/mol. The van der Waals surface area contributed by atoms with Gasteiger partial charge < -0.3 is 9.47 Å². The average Bonchev–Trinajstić information content (AvgIpc) is 2.81. The number of rotatable bonds is 10. The van der Waals surface area contributed by atoms with Gasteiger partial charge in [0, 0.05) is 5.92 Å². The van der Waals surface area contributed by atoms with Crippen LogP contribution in [0.15, 0.2) is 48.5 Å². The van der Waals surface area contributed by atoms with Crippen molar-refractivity contribution < 1.29 is 58.3 Å². The number of ether oxygens (including phenoxy) is 2. The minimum Gasteiger partial charge on any atom is -0.432 e. The third kappa shape index (κ3) is 8.76. The summed E-state index contributed by atoms with van der Waals surface area (Å²) < 4.78 is 9.42. The fraction of sp³-hybridized carbons (Fsp3) is 0.273. The molecular weight excluding hydrogens is 456 g/mol. The largest absolute Gasteiger partial charge is 0.543 e. The van der Waals surface area contributed by atoms with Crippen molar-refractivity contribution >= 4 is 24.2 Å². The Bertz CT molecular complexity index is 923. The van der Waals surface area contributed by atoms with E-state index in [1.807, 2.05) is 0 Å². The van der Waals surface area contributed by atoms with Crippen LogP contribution in [0.5, 0.6) is 0 Å². The first-order valence-corrected chi connectivity index (χ1v) is 9.83. The van der Waals surface area contributed by atoms with E-state index in [1.165, 1.54) is 12.1 Å². The summed E-state index contributed by atoms with van der Waals surface area (Å²) in [5, 5.41) is 8.23. The second kappa shape index (κ2) is 13.4. The molecule has 0 aromatic heterocycles. The molecule has 0 unspecified atom stereocenters. The first-order chi connectivity index (χ1) is 16.3. The standard InChI is InChI=1S/C22H22O12/c1-14(12-27-21(25)31-33-29-19(23)17-10-6-4-8-15(17)2)13-28-22(26)32-34-30-20(24)18-11-7-5-9-16(18)3/h4-11,14H,12-13H2,1-3H3. The van der Waals surface area contributed by atoms with Crippen LogP contribution in [0, 0.1) is 19.8 Å². The minimum atomic E-state index is -1.29. The number of carbonyl (C=O) groups excluding carboxylic acids is 4. The van der Waals surface area contributed by atoms with Gasteiger partial charge in [-0.1, -0.05) is 43.3 Å². The van der Waals surface area contributed by atoms with Gasteiger partial charge in [-0.05, 0) is 37.1 Å². The molecule has 0 aliphatic rings. The highest BCUT2D eigenvalue weighted by atomic mass is 17.5. The number of aryl methyl sites for hydroxylation is 2. The molecule has 0 heterocycles. The smallest absolute Gasteiger partial charge is 0.432 e. The summed E-state index contributed by atoms with van der Waals surface area (Å²) in [5.74, 6) is -2.22. The Morgan fingerprint density at radius 2 is 1.03 bits per heavy atom. The molecule has 0 saturated carbocycles. The molecule has 0 radical (unpaired) electrons. The first-order valence-electron chi connectivity index (χ1n) is 9.83. The van der Waals surface area contributed by atoms with Crippen molar-refractivity contribution in [3.8, 4) is 0 Å². The van der Waals surface area contributed by atoms with Gasteiger partial charge in [-0.3, -0.25) is 9.78 Å². The Hall–Kier alpha value is -4.16. The molecule has 0 amide bonds. The number of benzene rings is 2. The number of hydrogen-bond acceptors (Lipinski definition) is 12. The molecule has 182 valence electrons. The lowest BCUT2D eigenvalue weighted by Gasteiger charge is -2.11. The summed E-state index contributed by atoms with van der Waals surface area (Å²) in [6.07, 6.45) is -2.59. The predicted molar refractivity (Wildman–Crippen MR) is 109 cm³/mol. The Morgan fingerprint density at radius 1 is 0.647 bits per heavy atom. The number of hydrogen-bond donors (Lipinski definition) is 0. The van der Waals surface area contributed by atoms with E-state index in [0.29, 0.717) is 11.1 Å². The second-order valence-electron chi connectivity index (χ2n) is 6.90. The normalized spacial score (nSPS) is 10.2. The summed E-state index contributed by atoms with van der Waals surface area (Å²) in [4.78, 5) is 63.5. The molecule has 0 N–H and O–H groups in total. The molecule has 0 aliphatic carbocycles. The maximum Gasteiger partial charge on any atom is 0.543 e. The van der Waals surface area contributed by atoms with Crippen LogP contribution in [0.3, 0.4) is 0 Å². The van der Waals surface area contributed by atoms with Crippen molar-refractivity contribution in [2.24, 2.45) is 5.92 Å². The highest BCUT2D eigenvalue weighted by Gasteiger charge is 2.17. The summed E-state index contributed by atoms with van der Waals surface area (Å²) in [6.45, 7) is 4.46. The van der Waals surface area contributed by atoms with E-state index >= 15 is 0 Å². The van der Waals surface area contributed by atoms with Crippen LogP contribution in [-0.4, -0.2) is 37.5 Å². The van der Waals surface area contributed by atoms with Crippen LogP contribution >= 0.6 is 0 Å². The molecule has 0 aliphatic heterocycles. The maximum atomic E-state index is 11.8. The molecule has 2 aromatic rings. The zero-order valence-electron chi connectivity index (χ0n) is 18.5. The van der Waals surface area contributed by atoms with Crippen LogP contribution in [0.25, 0.3) is 0 Å². The Balaban J connectivity index is 1.56. The highest BCUT2D eigenvalue weighted by molar-refractivity contribution is 5.91. The third-order valence-electron chi connectivity index (χ3n) is 4.12. The molecule has 12 nitrogen and oxygen atoms in total. The lowest BCUT2D eigenvalue weighted by molar-refractivity contribution is -0.452. The predicted octanol–water partition coefficient (Wildman–Crippen LogP) is 3.95. The van der Waals surface area contributed by atoms with Gasteiger partial charge in [0.05, 0.1) is 21.2 Å². The van der Waals surface area contributed by atoms with Crippen LogP contribution in [0.4, 0.5) is 9.59 Å². The molecule has 0 fully saturated rings.